The zero-order valence-electron chi connectivity index (χ0n) is 15.7. The van der Waals surface area contributed by atoms with Gasteiger partial charge in [0.15, 0.2) is 0 Å². The van der Waals surface area contributed by atoms with Gasteiger partial charge in [0.05, 0.1) is 18.8 Å². The largest absolute Gasteiger partial charge is 0.383 e. The molecule has 0 aromatic rings. The molecule has 2 rings (SSSR count). The van der Waals surface area contributed by atoms with Gasteiger partial charge in [0.2, 0.25) is 5.91 Å². The van der Waals surface area contributed by atoms with Gasteiger partial charge in [-0.25, -0.2) is 0 Å². The molecule has 2 aliphatic rings. The second kappa shape index (κ2) is 12.3. The number of carbonyl (C=O) groups excluding carboxylic acids is 1. The Morgan fingerprint density at radius 2 is 1.76 bits per heavy atom. The van der Waals surface area contributed by atoms with E-state index >= 15 is 0 Å². The van der Waals surface area contributed by atoms with E-state index in [0.717, 1.165) is 45.6 Å². The molecule has 25 heavy (non-hydrogen) atoms. The van der Waals surface area contributed by atoms with Crippen LogP contribution in [0.2, 0.25) is 0 Å². The van der Waals surface area contributed by atoms with E-state index in [4.69, 9.17) is 15.2 Å². The van der Waals surface area contributed by atoms with Crippen molar-refractivity contribution in [2.75, 3.05) is 46.4 Å². The fraction of sp³-hybridized carbons (Fsp3) is 0.941. The zero-order chi connectivity index (χ0) is 16.8. The first-order chi connectivity index (χ1) is 11.0. The second-order valence-electron chi connectivity index (χ2n) is 7.14. The average molecular weight is 400 g/mol. The third kappa shape index (κ3) is 7.97. The van der Waals surface area contributed by atoms with Gasteiger partial charge in [0.25, 0.3) is 0 Å². The molecule has 0 aliphatic carbocycles. The van der Waals surface area contributed by atoms with E-state index in [1.807, 2.05) is 4.90 Å². The van der Waals surface area contributed by atoms with Crippen LogP contribution in [0.3, 0.4) is 0 Å². The van der Waals surface area contributed by atoms with Crippen LogP contribution in [0.5, 0.6) is 0 Å². The Morgan fingerprint density at radius 1 is 1.20 bits per heavy atom. The number of ether oxygens (including phenoxy) is 2. The van der Waals surface area contributed by atoms with E-state index in [0.29, 0.717) is 24.7 Å². The smallest absolute Gasteiger partial charge is 0.241 e. The van der Waals surface area contributed by atoms with E-state index in [-0.39, 0.29) is 30.7 Å². The van der Waals surface area contributed by atoms with Crippen molar-refractivity contribution < 1.29 is 14.3 Å². The lowest BCUT2D eigenvalue weighted by molar-refractivity contribution is -0.135. The number of halogens is 2. The number of hydrogen-bond donors (Lipinski definition) is 1. The topological polar surface area (TPSA) is 68.0 Å². The van der Waals surface area contributed by atoms with Crippen LogP contribution in [0.4, 0.5) is 0 Å². The third-order valence-corrected chi connectivity index (χ3v) is 4.94. The van der Waals surface area contributed by atoms with Crippen molar-refractivity contribution >= 4 is 30.7 Å². The lowest BCUT2D eigenvalue weighted by atomic mass is 9.93. The van der Waals surface area contributed by atoms with Crippen molar-refractivity contribution in [1.29, 1.82) is 0 Å². The summed E-state index contributed by atoms with van der Waals surface area (Å²) in [4.78, 5) is 16.6. The van der Waals surface area contributed by atoms with Crippen LogP contribution in [0, 0.1) is 5.92 Å². The number of piperidine rings is 1. The van der Waals surface area contributed by atoms with Crippen molar-refractivity contribution in [3.63, 3.8) is 0 Å². The number of morpholine rings is 1. The molecule has 0 spiro atoms. The molecule has 2 heterocycles. The monoisotopic (exact) mass is 399 g/mol. The highest BCUT2D eigenvalue weighted by Crippen LogP contribution is 2.22. The molecule has 0 aromatic heterocycles. The minimum atomic E-state index is -0.520. The molecule has 2 fully saturated rings. The maximum atomic E-state index is 12.2. The summed E-state index contributed by atoms with van der Waals surface area (Å²) in [5.74, 6) is 0.743. The fourth-order valence-corrected chi connectivity index (χ4v) is 3.76. The normalized spacial score (nSPS) is 26.5. The summed E-state index contributed by atoms with van der Waals surface area (Å²) in [6.07, 6.45) is 4.05. The molecule has 0 bridgehead atoms. The van der Waals surface area contributed by atoms with E-state index in [1.54, 1.807) is 7.11 Å². The highest BCUT2D eigenvalue weighted by atomic mass is 35.5. The van der Waals surface area contributed by atoms with E-state index in [1.165, 1.54) is 6.42 Å². The molecule has 8 heteroatoms. The van der Waals surface area contributed by atoms with E-state index in [2.05, 4.69) is 18.7 Å². The van der Waals surface area contributed by atoms with Gasteiger partial charge in [-0.15, -0.1) is 24.8 Å². The summed E-state index contributed by atoms with van der Waals surface area (Å²) in [6.45, 7) is 9.47. The van der Waals surface area contributed by atoms with Crippen molar-refractivity contribution in [1.82, 2.24) is 9.80 Å². The van der Waals surface area contributed by atoms with Crippen LogP contribution < -0.4 is 5.73 Å². The Morgan fingerprint density at radius 3 is 2.28 bits per heavy atom. The first-order valence-electron chi connectivity index (χ1n) is 8.90. The van der Waals surface area contributed by atoms with Crippen LogP contribution in [-0.4, -0.2) is 80.4 Å². The van der Waals surface area contributed by atoms with Crippen LogP contribution >= 0.6 is 24.8 Å². The molecular formula is C17H35Cl2N3O3. The summed E-state index contributed by atoms with van der Waals surface area (Å²) in [5, 5.41) is 0. The predicted octanol–water partition coefficient (Wildman–Crippen LogP) is 1.54. The van der Waals surface area contributed by atoms with Crippen LogP contribution in [0.15, 0.2) is 0 Å². The first-order valence-corrected chi connectivity index (χ1v) is 8.90. The number of amides is 1. The predicted molar refractivity (Wildman–Crippen MR) is 105 cm³/mol. The number of likely N-dealkylation sites (tertiary alicyclic amines) is 1. The van der Waals surface area contributed by atoms with Gasteiger partial charge in [-0.1, -0.05) is 0 Å². The van der Waals surface area contributed by atoms with Crippen molar-refractivity contribution in [2.24, 2.45) is 11.7 Å². The molecule has 2 N–H and O–H groups in total. The number of nitrogens with zero attached hydrogens (tertiary/aromatic N) is 2. The fourth-order valence-electron chi connectivity index (χ4n) is 3.76. The molecule has 0 aromatic carbocycles. The number of carbonyl (C=O) groups is 1. The number of rotatable bonds is 6. The van der Waals surface area contributed by atoms with Crippen molar-refractivity contribution in [3.8, 4) is 0 Å². The number of methoxy groups -OCH3 is 1. The second-order valence-corrected chi connectivity index (χ2v) is 7.14. The Labute approximate surface area is 164 Å². The maximum absolute atomic E-state index is 12.2. The van der Waals surface area contributed by atoms with Gasteiger partial charge in [0.1, 0.15) is 6.04 Å². The minimum absolute atomic E-state index is 0. The Balaban J connectivity index is 0.00000288. The molecular weight excluding hydrogens is 365 g/mol. The molecule has 1 amide bonds. The molecule has 6 nitrogen and oxygen atoms in total. The highest BCUT2D eigenvalue weighted by Gasteiger charge is 2.27. The summed E-state index contributed by atoms with van der Waals surface area (Å²) in [5.41, 5.74) is 5.84. The molecule has 0 radical (unpaired) electrons. The van der Waals surface area contributed by atoms with Crippen molar-refractivity contribution in [2.45, 2.75) is 51.4 Å². The number of nitrogens with two attached hydrogens (primary N) is 1. The SMILES string of the molecule is COCC(N)C(=O)N1CCC(CCN2CC(C)OC(C)C2)CC1.Cl.Cl. The Kier molecular flexibility index (Phi) is 12.3. The quantitative estimate of drug-likeness (QED) is 0.733. The highest BCUT2D eigenvalue weighted by molar-refractivity contribution is 5.85. The first kappa shape index (κ1) is 24.9. The van der Waals surface area contributed by atoms with Gasteiger partial charge in [-0.3, -0.25) is 9.69 Å². The Bertz CT molecular complexity index is 372. The molecule has 0 saturated carbocycles. The number of hydrogen-bond acceptors (Lipinski definition) is 5. The van der Waals surface area contributed by atoms with E-state index in [9.17, 15) is 4.79 Å². The van der Waals surface area contributed by atoms with Gasteiger partial charge >= 0.3 is 0 Å². The molecule has 150 valence electrons. The minimum Gasteiger partial charge on any atom is -0.383 e. The van der Waals surface area contributed by atoms with Crippen LogP contribution in [0.25, 0.3) is 0 Å². The standard InChI is InChI=1S/C17H33N3O3.2ClH/c1-13-10-19(11-14(2)23-13)7-4-15-5-8-20(9-6-15)17(21)16(18)12-22-3;;/h13-16H,4-12,18H2,1-3H3;2*1H. The lowest BCUT2D eigenvalue weighted by Gasteiger charge is -2.37. The van der Waals surface area contributed by atoms with Gasteiger partial charge in [-0.05, 0) is 45.6 Å². The molecule has 3 atom stereocenters. The summed E-state index contributed by atoms with van der Waals surface area (Å²) in [6, 6.07) is -0.520. The van der Waals surface area contributed by atoms with Gasteiger partial charge in [-0.2, -0.15) is 0 Å². The molecule has 2 aliphatic heterocycles. The average Bonchev–Trinajstić information content (AvgIpc) is 2.52. The van der Waals surface area contributed by atoms with Crippen LogP contribution in [-0.2, 0) is 14.3 Å². The summed E-state index contributed by atoms with van der Waals surface area (Å²) in [7, 11) is 1.58. The molecule has 2 saturated heterocycles. The third-order valence-electron chi connectivity index (χ3n) is 4.94. The zero-order valence-corrected chi connectivity index (χ0v) is 17.3. The molecule has 3 unspecified atom stereocenters. The Hall–Kier alpha value is -0.110. The van der Waals surface area contributed by atoms with Gasteiger partial charge < -0.3 is 20.1 Å². The van der Waals surface area contributed by atoms with Crippen LogP contribution in [0.1, 0.15) is 33.1 Å². The lowest BCUT2D eigenvalue weighted by Crippen LogP contribution is -2.49. The van der Waals surface area contributed by atoms with E-state index < -0.39 is 6.04 Å². The van der Waals surface area contributed by atoms with Gasteiger partial charge in [0, 0.05) is 33.3 Å². The summed E-state index contributed by atoms with van der Waals surface area (Å²) < 4.78 is 10.8. The maximum Gasteiger partial charge on any atom is 0.241 e. The summed E-state index contributed by atoms with van der Waals surface area (Å²) >= 11 is 0. The van der Waals surface area contributed by atoms with Crippen molar-refractivity contribution in [3.05, 3.63) is 0 Å².